The number of carbonyl (C=O) groups is 1. The van der Waals surface area contributed by atoms with Gasteiger partial charge in [-0.05, 0) is 55.2 Å². The van der Waals surface area contributed by atoms with Crippen molar-refractivity contribution in [2.24, 2.45) is 11.8 Å². The molecule has 2 bridgehead atoms. The van der Waals surface area contributed by atoms with Crippen LogP contribution in [0.4, 0.5) is 0 Å². The molecule has 0 unspecified atom stereocenters. The maximum atomic E-state index is 12.1. The number of benzene rings is 1. The van der Waals surface area contributed by atoms with Gasteiger partial charge in [-0.1, -0.05) is 12.5 Å². The minimum absolute atomic E-state index is 0.185. The summed E-state index contributed by atoms with van der Waals surface area (Å²) in [5, 5.41) is 3.24. The third kappa shape index (κ3) is 2.59. The molecule has 21 heavy (non-hydrogen) atoms. The molecule has 1 amide bonds. The van der Waals surface area contributed by atoms with E-state index < -0.39 is 0 Å². The van der Waals surface area contributed by atoms with Crippen LogP contribution in [0.1, 0.15) is 37.7 Å². The van der Waals surface area contributed by atoms with Crippen LogP contribution in [0.5, 0.6) is 11.5 Å². The summed E-state index contributed by atoms with van der Waals surface area (Å²) in [6.45, 7) is 0.295. The first kappa shape index (κ1) is 13.0. The zero-order valence-corrected chi connectivity index (χ0v) is 12.1. The summed E-state index contributed by atoms with van der Waals surface area (Å²) in [7, 11) is 0. The van der Waals surface area contributed by atoms with E-state index in [2.05, 4.69) is 5.32 Å². The van der Waals surface area contributed by atoms with Gasteiger partial charge >= 0.3 is 0 Å². The molecule has 1 aliphatic heterocycles. The lowest BCUT2D eigenvalue weighted by molar-refractivity contribution is -0.122. The third-order valence-electron chi connectivity index (χ3n) is 5.16. The van der Waals surface area contributed by atoms with Crippen molar-refractivity contribution < 1.29 is 14.3 Å². The monoisotopic (exact) mass is 287 g/mol. The van der Waals surface area contributed by atoms with Crippen LogP contribution in [-0.4, -0.2) is 18.7 Å². The Morgan fingerprint density at radius 1 is 1.19 bits per heavy atom. The molecule has 112 valence electrons. The molecule has 1 N–H and O–H groups in total. The molecule has 4 nitrogen and oxygen atoms in total. The molecule has 2 saturated carbocycles. The molecule has 4 rings (SSSR count). The predicted molar refractivity (Wildman–Crippen MR) is 78.3 cm³/mol. The summed E-state index contributed by atoms with van der Waals surface area (Å²) in [5.74, 6) is 3.38. The van der Waals surface area contributed by atoms with Gasteiger partial charge in [-0.2, -0.15) is 0 Å². The molecular weight excluding hydrogens is 266 g/mol. The largest absolute Gasteiger partial charge is 0.454 e. The average molecular weight is 287 g/mol. The maximum absolute atomic E-state index is 12.1. The van der Waals surface area contributed by atoms with Crippen molar-refractivity contribution in [2.75, 3.05) is 6.79 Å². The molecule has 1 aromatic carbocycles. The van der Waals surface area contributed by atoms with Gasteiger partial charge in [0.05, 0.1) is 0 Å². The molecule has 1 aromatic rings. The summed E-state index contributed by atoms with van der Waals surface area (Å²) in [6, 6.07) is 6.35. The first-order valence-corrected chi connectivity index (χ1v) is 7.96. The fourth-order valence-corrected chi connectivity index (χ4v) is 4.05. The van der Waals surface area contributed by atoms with Crippen molar-refractivity contribution in [2.45, 2.75) is 44.6 Å². The molecule has 3 aliphatic rings. The number of nitrogens with one attached hydrogen (secondary N) is 1. The fourth-order valence-electron chi connectivity index (χ4n) is 4.05. The van der Waals surface area contributed by atoms with Crippen LogP contribution in [0.25, 0.3) is 0 Å². The average Bonchev–Trinajstić information content (AvgIpc) is 3.20. The highest BCUT2D eigenvalue weighted by molar-refractivity contribution is 5.76. The molecule has 1 heterocycles. The lowest BCUT2D eigenvalue weighted by Crippen LogP contribution is -2.38. The number of amides is 1. The Kier molecular flexibility index (Phi) is 3.24. The second-order valence-corrected chi connectivity index (χ2v) is 6.54. The highest BCUT2D eigenvalue weighted by Crippen LogP contribution is 2.44. The topological polar surface area (TPSA) is 47.6 Å². The molecule has 0 spiro atoms. The van der Waals surface area contributed by atoms with Crippen LogP contribution in [-0.2, 0) is 11.2 Å². The summed E-state index contributed by atoms with van der Waals surface area (Å²) < 4.78 is 10.7. The van der Waals surface area contributed by atoms with E-state index >= 15 is 0 Å². The van der Waals surface area contributed by atoms with Gasteiger partial charge in [-0.15, -0.1) is 0 Å². The van der Waals surface area contributed by atoms with E-state index in [0.29, 0.717) is 19.3 Å². The van der Waals surface area contributed by atoms with Crippen LogP contribution in [0, 0.1) is 11.8 Å². The number of rotatable bonds is 4. The first-order valence-electron chi connectivity index (χ1n) is 7.96. The van der Waals surface area contributed by atoms with E-state index in [9.17, 15) is 4.79 Å². The van der Waals surface area contributed by atoms with E-state index in [1.165, 1.54) is 25.7 Å². The van der Waals surface area contributed by atoms with E-state index in [-0.39, 0.29) is 5.91 Å². The molecule has 3 atom stereocenters. The molecule has 0 aromatic heterocycles. The molecular formula is C17H21NO3. The normalized spacial score (nSPS) is 28.9. The van der Waals surface area contributed by atoms with E-state index in [0.717, 1.165) is 35.3 Å². The van der Waals surface area contributed by atoms with Gasteiger partial charge in [0.15, 0.2) is 11.5 Å². The van der Waals surface area contributed by atoms with Crippen LogP contribution < -0.4 is 14.8 Å². The second-order valence-electron chi connectivity index (χ2n) is 6.54. The Morgan fingerprint density at radius 3 is 2.90 bits per heavy atom. The fraction of sp³-hybridized carbons (Fsp3) is 0.588. The Hall–Kier alpha value is -1.71. The van der Waals surface area contributed by atoms with Gasteiger partial charge in [0, 0.05) is 12.5 Å². The van der Waals surface area contributed by atoms with Gasteiger partial charge in [-0.25, -0.2) is 0 Å². The third-order valence-corrected chi connectivity index (χ3v) is 5.16. The SMILES string of the molecule is O=C(CCc1ccc2c(c1)OCO2)N[C@@H]1C[C@@H]2CC[C@@H]1C2. The Morgan fingerprint density at radius 2 is 2.10 bits per heavy atom. The molecule has 4 heteroatoms. The van der Waals surface area contributed by atoms with E-state index in [4.69, 9.17) is 9.47 Å². The number of aryl methyl sites for hydroxylation is 1. The number of hydrogen-bond acceptors (Lipinski definition) is 3. The number of carbonyl (C=O) groups excluding carboxylic acids is 1. The van der Waals surface area contributed by atoms with Crippen molar-refractivity contribution in [1.29, 1.82) is 0 Å². The molecule has 0 radical (unpaired) electrons. The summed E-state index contributed by atoms with van der Waals surface area (Å²) in [5.41, 5.74) is 1.13. The Labute approximate surface area is 124 Å². The second kappa shape index (κ2) is 5.24. The standard InChI is InChI=1S/C17H21NO3/c19-17(18-14-8-12-1-4-13(14)7-12)6-3-11-2-5-15-16(9-11)21-10-20-15/h2,5,9,12-14H,1,3-4,6-8,10H2,(H,18,19)/t12-,13-,14-/m1/s1. The smallest absolute Gasteiger partial charge is 0.231 e. The van der Waals surface area contributed by atoms with Gasteiger partial charge < -0.3 is 14.8 Å². The summed E-state index contributed by atoms with van der Waals surface area (Å²) in [4.78, 5) is 12.1. The highest BCUT2D eigenvalue weighted by atomic mass is 16.7. The lowest BCUT2D eigenvalue weighted by Gasteiger charge is -2.22. The van der Waals surface area contributed by atoms with Crippen LogP contribution in [0.15, 0.2) is 18.2 Å². The summed E-state index contributed by atoms with van der Waals surface area (Å²) in [6.07, 6.45) is 6.50. The predicted octanol–water partition coefficient (Wildman–Crippen LogP) is 2.65. The zero-order valence-electron chi connectivity index (χ0n) is 12.1. The quantitative estimate of drug-likeness (QED) is 0.926. The minimum Gasteiger partial charge on any atom is -0.454 e. The van der Waals surface area contributed by atoms with Crippen molar-refractivity contribution >= 4 is 5.91 Å². The highest BCUT2D eigenvalue weighted by Gasteiger charge is 2.39. The van der Waals surface area contributed by atoms with Gasteiger partial charge in [0.25, 0.3) is 0 Å². The number of ether oxygens (including phenoxy) is 2. The maximum Gasteiger partial charge on any atom is 0.231 e. The number of hydrogen-bond donors (Lipinski definition) is 1. The lowest BCUT2D eigenvalue weighted by atomic mass is 9.95. The zero-order chi connectivity index (χ0) is 14.2. The van der Waals surface area contributed by atoms with Gasteiger partial charge in [-0.3, -0.25) is 4.79 Å². The molecule has 2 aliphatic carbocycles. The number of fused-ring (bicyclic) bond motifs is 3. The van der Waals surface area contributed by atoms with Gasteiger partial charge in [0.2, 0.25) is 12.7 Å². The summed E-state index contributed by atoms with van der Waals surface area (Å²) >= 11 is 0. The van der Waals surface area contributed by atoms with Crippen LogP contribution >= 0.6 is 0 Å². The Balaban J connectivity index is 1.29. The van der Waals surface area contributed by atoms with E-state index in [1.54, 1.807) is 0 Å². The van der Waals surface area contributed by atoms with Crippen molar-refractivity contribution in [3.05, 3.63) is 23.8 Å². The van der Waals surface area contributed by atoms with Crippen LogP contribution in [0.3, 0.4) is 0 Å². The Bertz CT molecular complexity index is 557. The van der Waals surface area contributed by atoms with Crippen LogP contribution in [0.2, 0.25) is 0 Å². The van der Waals surface area contributed by atoms with Gasteiger partial charge in [0.1, 0.15) is 0 Å². The first-order chi connectivity index (χ1) is 10.3. The molecule has 2 fully saturated rings. The van der Waals surface area contributed by atoms with Crippen molar-refractivity contribution in [3.8, 4) is 11.5 Å². The molecule has 0 saturated heterocycles. The van der Waals surface area contributed by atoms with Crippen molar-refractivity contribution in [3.63, 3.8) is 0 Å². The van der Waals surface area contributed by atoms with E-state index in [1.807, 2.05) is 18.2 Å². The minimum atomic E-state index is 0.185. The van der Waals surface area contributed by atoms with Crippen molar-refractivity contribution in [1.82, 2.24) is 5.32 Å².